The SMILES string of the molecule is C=C(/C=C\C(=C/C)C(=O)C(=C)/C=C\C(=C/C)C(C)=O)Oc1ccc(Oc2ccc(C)cc2)cc1. The maximum absolute atomic E-state index is 12.7. The lowest BCUT2D eigenvalue weighted by Crippen LogP contribution is -2.03. The first-order valence-corrected chi connectivity index (χ1v) is 10.9. The molecule has 0 saturated heterocycles. The van der Waals surface area contributed by atoms with Crippen LogP contribution < -0.4 is 9.47 Å². The van der Waals surface area contributed by atoms with Crippen molar-refractivity contribution in [2.24, 2.45) is 0 Å². The Labute approximate surface area is 201 Å². The van der Waals surface area contributed by atoms with Crippen LogP contribution in [0, 0.1) is 6.92 Å². The topological polar surface area (TPSA) is 52.6 Å². The molecule has 34 heavy (non-hydrogen) atoms. The number of carbonyl (C=O) groups excluding carboxylic acids is 2. The largest absolute Gasteiger partial charge is 0.458 e. The lowest BCUT2D eigenvalue weighted by Gasteiger charge is -2.08. The van der Waals surface area contributed by atoms with Crippen molar-refractivity contribution >= 4 is 11.6 Å². The molecule has 0 unspecified atom stereocenters. The highest BCUT2D eigenvalue weighted by Gasteiger charge is 2.09. The minimum Gasteiger partial charge on any atom is -0.458 e. The average molecular weight is 455 g/mol. The molecule has 4 heteroatoms. The average Bonchev–Trinajstić information content (AvgIpc) is 2.82. The highest BCUT2D eigenvalue weighted by molar-refractivity contribution is 6.11. The van der Waals surface area contributed by atoms with Gasteiger partial charge in [0.25, 0.3) is 0 Å². The molecule has 4 nitrogen and oxygen atoms in total. The Kier molecular flexibility index (Phi) is 9.78. The van der Waals surface area contributed by atoms with E-state index in [0.29, 0.717) is 28.4 Å². The van der Waals surface area contributed by atoms with Crippen molar-refractivity contribution in [2.45, 2.75) is 27.7 Å². The molecule has 0 bridgehead atoms. The summed E-state index contributed by atoms with van der Waals surface area (Å²) in [6, 6.07) is 15.0. The monoisotopic (exact) mass is 454 g/mol. The van der Waals surface area contributed by atoms with Gasteiger partial charge >= 0.3 is 0 Å². The molecule has 0 atom stereocenters. The smallest absolute Gasteiger partial charge is 0.192 e. The molecule has 2 rings (SSSR count). The normalized spacial score (nSPS) is 12.1. The van der Waals surface area contributed by atoms with Crippen LogP contribution in [0.2, 0.25) is 0 Å². The Morgan fingerprint density at radius 2 is 1.24 bits per heavy atom. The molecule has 0 aliphatic heterocycles. The van der Waals surface area contributed by atoms with Crippen LogP contribution in [0.15, 0.2) is 121 Å². The molecule has 2 aromatic rings. The van der Waals surface area contributed by atoms with Gasteiger partial charge in [0.2, 0.25) is 0 Å². The minimum atomic E-state index is -0.251. The minimum absolute atomic E-state index is 0.0756. The molecule has 174 valence electrons. The summed E-state index contributed by atoms with van der Waals surface area (Å²) in [5.41, 5.74) is 2.39. The van der Waals surface area contributed by atoms with E-state index >= 15 is 0 Å². The molecule has 0 heterocycles. The summed E-state index contributed by atoms with van der Waals surface area (Å²) in [6.07, 6.45) is 9.75. The van der Waals surface area contributed by atoms with Crippen LogP contribution in [0.1, 0.15) is 26.3 Å². The van der Waals surface area contributed by atoms with E-state index in [1.54, 1.807) is 62.4 Å². The van der Waals surface area contributed by atoms with Crippen LogP contribution in [0.3, 0.4) is 0 Å². The van der Waals surface area contributed by atoms with Gasteiger partial charge in [-0.3, -0.25) is 9.59 Å². The van der Waals surface area contributed by atoms with E-state index in [2.05, 4.69) is 13.2 Å². The van der Waals surface area contributed by atoms with Crippen molar-refractivity contribution < 1.29 is 19.1 Å². The highest BCUT2D eigenvalue weighted by atomic mass is 16.5. The molecule has 0 aromatic heterocycles. The highest BCUT2D eigenvalue weighted by Crippen LogP contribution is 2.25. The molecule has 0 N–H and O–H groups in total. The summed E-state index contributed by atoms with van der Waals surface area (Å²) in [7, 11) is 0. The summed E-state index contributed by atoms with van der Waals surface area (Å²) >= 11 is 0. The van der Waals surface area contributed by atoms with Crippen LogP contribution in [-0.2, 0) is 9.59 Å². The van der Waals surface area contributed by atoms with Crippen molar-refractivity contribution in [1.82, 2.24) is 0 Å². The van der Waals surface area contributed by atoms with Crippen molar-refractivity contribution in [3.8, 4) is 17.2 Å². The molecular weight excluding hydrogens is 424 g/mol. The number of aryl methyl sites for hydroxylation is 1. The predicted molar refractivity (Wildman–Crippen MR) is 138 cm³/mol. The van der Waals surface area contributed by atoms with Crippen LogP contribution >= 0.6 is 0 Å². The molecule has 0 aliphatic rings. The summed E-state index contributed by atoms with van der Waals surface area (Å²) in [6.45, 7) is 14.7. The summed E-state index contributed by atoms with van der Waals surface area (Å²) < 4.78 is 11.6. The number of ketones is 2. The second-order valence-corrected chi connectivity index (χ2v) is 7.52. The third kappa shape index (κ3) is 8.06. The molecule has 2 aromatic carbocycles. The molecular formula is C30H30O4. The van der Waals surface area contributed by atoms with Gasteiger partial charge in [-0.05, 0) is 76.2 Å². The van der Waals surface area contributed by atoms with Gasteiger partial charge in [-0.2, -0.15) is 0 Å². The van der Waals surface area contributed by atoms with Crippen LogP contribution in [0.25, 0.3) is 0 Å². The lowest BCUT2D eigenvalue weighted by atomic mass is 10.0. The van der Waals surface area contributed by atoms with Crippen molar-refractivity contribution in [3.05, 3.63) is 126 Å². The third-order valence-corrected chi connectivity index (χ3v) is 4.82. The van der Waals surface area contributed by atoms with Gasteiger partial charge in [0, 0.05) is 16.7 Å². The number of ether oxygens (including phenoxy) is 2. The Morgan fingerprint density at radius 3 is 1.76 bits per heavy atom. The van der Waals surface area contributed by atoms with E-state index in [9.17, 15) is 9.59 Å². The van der Waals surface area contributed by atoms with Gasteiger partial charge in [0.15, 0.2) is 11.6 Å². The predicted octanol–water partition coefficient (Wildman–Crippen LogP) is 7.40. The molecule has 0 amide bonds. The third-order valence-electron chi connectivity index (χ3n) is 4.82. The zero-order valence-corrected chi connectivity index (χ0v) is 20.1. The van der Waals surface area contributed by atoms with E-state index in [0.717, 1.165) is 5.75 Å². The number of hydrogen-bond acceptors (Lipinski definition) is 4. The fourth-order valence-electron chi connectivity index (χ4n) is 2.86. The molecule has 0 aliphatic carbocycles. The number of Topliss-reactive ketones (excluding diaryl/α,β-unsaturated/α-hetero) is 2. The van der Waals surface area contributed by atoms with Gasteiger partial charge in [0.1, 0.15) is 23.0 Å². The standard InChI is InChI=1S/C30H30O4/c1-7-25(24(6)31)13-11-22(4)30(32)26(8-2)14-12-23(5)33-27-17-19-29(20-18-27)34-28-15-9-21(3)10-16-28/h7-20H,4-5H2,1-3,6H3/b13-11-,14-12-,25-7+,26-8+. The van der Waals surface area contributed by atoms with Gasteiger partial charge in [-0.25, -0.2) is 0 Å². The fourth-order valence-corrected chi connectivity index (χ4v) is 2.86. The summed E-state index contributed by atoms with van der Waals surface area (Å²) in [5.74, 6) is 2.09. The van der Waals surface area contributed by atoms with E-state index in [-0.39, 0.29) is 17.1 Å². The number of allylic oxidation sites excluding steroid dienone is 9. The summed E-state index contributed by atoms with van der Waals surface area (Å²) in [5, 5.41) is 0. The number of benzene rings is 2. The van der Waals surface area contributed by atoms with Crippen LogP contribution in [0.5, 0.6) is 17.2 Å². The number of carbonyl (C=O) groups is 2. The Balaban J connectivity index is 1.96. The molecule has 0 fully saturated rings. The quantitative estimate of drug-likeness (QED) is 0.202. The van der Waals surface area contributed by atoms with Gasteiger partial charge in [0.05, 0.1) is 0 Å². The first-order chi connectivity index (χ1) is 16.2. The van der Waals surface area contributed by atoms with E-state index in [1.165, 1.54) is 12.5 Å². The first kappa shape index (κ1) is 26.1. The molecule has 0 radical (unpaired) electrons. The second-order valence-electron chi connectivity index (χ2n) is 7.52. The van der Waals surface area contributed by atoms with Crippen molar-refractivity contribution in [1.29, 1.82) is 0 Å². The number of rotatable bonds is 11. The van der Waals surface area contributed by atoms with E-state index < -0.39 is 0 Å². The Bertz CT molecular complexity index is 1170. The fraction of sp³-hybridized carbons (Fsp3) is 0.133. The number of hydrogen-bond donors (Lipinski definition) is 0. The van der Waals surface area contributed by atoms with Gasteiger partial charge in [-0.1, -0.05) is 55.2 Å². The summed E-state index contributed by atoms with van der Waals surface area (Å²) in [4.78, 5) is 24.2. The molecule has 0 spiro atoms. The van der Waals surface area contributed by atoms with Crippen molar-refractivity contribution in [2.75, 3.05) is 0 Å². The van der Waals surface area contributed by atoms with E-state index in [1.807, 2.05) is 43.3 Å². The van der Waals surface area contributed by atoms with Crippen molar-refractivity contribution in [3.63, 3.8) is 0 Å². The van der Waals surface area contributed by atoms with E-state index in [4.69, 9.17) is 9.47 Å². The first-order valence-electron chi connectivity index (χ1n) is 10.9. The zero-order valence-electron chi connectivity index (χ0n) is 20.1. The Morgan fingerprint density at radius 1 is 0.735 bits per heavy atom. The van der Waals surface area contributed by atoms with Crippen LogP contribution in [0.4, 0.5) is 0 Å². The van der Waals surface area contributed by atoms with Gasteiger partial charge < -0.3 is 9.47 Å². The zero-order chi connectivity index (χ0) is 25.1. The van der Waals surface area contributed by atoms with Crippen LogP contribution in [-0.4, -0.2) is 11.6 Å². The lowest BCUT2D eigenvalue weighted by molar-refractivity contribution is -0.113. The van der Waals surface area contributed by atoms with Gasteiger partial charge in [-0.15, -0.1) is 0 Å². The maximum Gasteiger partial charge on any atom is 0.192 e. The Hall–Kier alpha value is -4.18. The second kappa shape index (κ2) is 12.8. The maximum atomic E-state index is 12.7. The molecule has 0 saturated carbocycles.